The fraction of sp³-hybridized carbons (Fsp3) is 0.235. The number of hydrogen-bond donors (Lipinski definition) is 0. The number of halogens is 1. The Labute approximate surface area is 124 Å². The number of para-hydroxylation sites is 2. The number of carbonyl (C=O) groups excluding carboxylic acids is 1. The quantitative estimate of drug-likeness (QED) is 0.753. The molecule has 2 aromatic carbocycles. The fourth-order valence-electron chi connectivity index (χ4n) is 1.61. The molecule has 0 aromatic heterocycles. The second-order valence-electron chi connectivity index (χ2n) is 4.05. The fourth-order valence-corrected chi connectivity index (χ4v) is 1.61. The summed E-state index contributed by atoms with van der Waals surface area (Å²) >= 11 is 0. The molecule has 2 aromatic rings. The van der Waals surface area contributed by atoms with Gasteiger partial charge in [-0.2, -0.15) is 0 Å². The van der Waals surface area contributed by atoms with Crippen LogP contribution >= 0.6 is 0 Å². The van der Waals surface area contributed by atoms with Crippen molar-refractivity contribution >= 4 is 5.97 Å². The number of ether oxygens (including phenoxy) is 2. The van der Waals surface area contributed by atoms with Gasteiger partial charge < -0.3 is 9.47 Å². The summed E-state index contributed by atoms with van der Waals surface area (Å²) in [5, 5.41) is 0. The van der Waals surface area contributed by atoms with Crippen molar-refractivity contribution in [3.8, 4) is 11.5 Å². The van der Waals surface area contributed by atoms with Gasteiger partial charge in [-0.15, -0.1) is 0 Å². The summed E-state index contributed by atoms with van der Waals surface area (Å²) < 4.78 is 20.3. The Balaban J connectivity index is 0.00000106. The number of hydrogen-bond acceptors (Lipinski definition) is 3. The molecular weight excluding hydrogens is 271 g/mol. The third kappa shape index (κ3) is 5.26. The van der Waals surface area contributed by atoms with Crippen LogP contribution in [0.1, 0.15) is 23.7 Å². The molecule has 0 amide bonds. The second-order valence-corrected chi connectivity index (χ2v) is 4.05. The highest BCUT2D eigenvalue weighted by molar-refractivity contribution is 5.92. The number of esters is 1. The zero-order valence-corrected chi connectivity index (χ0v) is 12.2. The Morgan fingerprint density at radius 2 is 1.62 bits per heavy atom. The van der Waals surface area contributed by atoms with Gasteiger partial charge >= 0.3 is 5.97 Å². The van der Waals surface area contributed by atoms with Crippen LogP contribution in [0.2, 0.25) is 0 Å². The molecule has 0 fully saturated rings. The molecule has 21 heavy (non-hydrogen) atoms. The lowest BCUT2D eigenvalue weighted by molar-refractivity contribution is 0.0502. The zero-order valence-electron chi connectivity index (χ0n) is 12.2. The van der Waals surface area contributed by atoms with E-state index in [1.165, 1.54) is 0 Å². The largest absolute Gasteiger partial charge is 0.462 e. The van der Waals surface area contributed by atoms with E-state index in [1.807, 2.05) is 43.3 Å². The van der Waals surface area contributed by atoms with E-state index >= 15 is 0 Å². The van der Waals surface area contributed by atoms with Gasteiger partial charge in [0.2, 0.25) is 0 Å². The number of alkyl halides is 1. The average Bonchev–Trinajstić information content (AvgIpc) is 2.56. The maximum atomic E-state index is 11.9. The van der Waals surface area contributed by atoms with Gasteiger partial charge in [0.1, 0.15) is 17.1 Å². The van der Waals surface area contributed by atoms with E-state index in [9.17, 15) is 9.18 Å². The van der Waals surface area contributed by atoms with E-state index in [-0.39, 0.29) is 5.97 Å². The first-order valence-corrected chi connectivity index (χ1v) is 6.68. The number of carbonyl (C=O) groups is 1. The van der Waals surface area contributed by atoms with Crippen molar-refractivity contribution in [3.05, 3.63) is 60.2 Å². The van der Waals surface area contributed by atoms with Gasteiger partial charge in [-0.05, 0) is 30.7 Å². The summed E-state index contributed by atoms with van der Waals surface area (Å²) in [4.78, 5) is 11.9. The third-order valence-electron chi connectivity index (χ3n) is 2.52. The predicted octanol–water partition coefficient (Wildman–Crippen LogP) is 4.63. The lowest BCUT2D eigenvalue weighted by Crippen LogP contribution is -2.07. The normalized spacial score (nSPS) is 9.29. The molecule has 0 saturated carbocycles. The van der Waals surface area contributed by atoms with E-state index in [1.54, 1.807) is 18.2 Å². The van der Waals surface area contributed by atoms with Crippen LogP contribution in [0, 0.1) is 0 Å². The molecule has 0 aliphatic heterocycles. The molecule has 0 radical (unpaired) electrons. The maximum absolute atomic E-state index is 11.9. The smallest absolute Gasteiger partial charge is 0.341 e. The minimum atomic E-state index is -0.353. The average molecular weight is 290 g/mol. The van der Waals surface area contributed by atoms with Gasteiger partial charge in [-0.3, -0.25) is 4.39 Å². The van der Waals surface area contributed by atoms with Crippen molar-refractivity contribution in [1.82, 2.24) is 0 Å². The molecule has 2 rings (SSSR count). The maximum Gasteiger partial charge on any atom is 0.341 e. The van der Waals surface area contributed by atoms with Gasteiger partial charge in [0, 0.05) is 0 Å². The van der Waals surface area contributed by atoms with Gasteiger partial charge in [0.15, 0.2) is 0 Å². The topological polar surface area (TPSA) is 35.5 Å². The molecule has 0 N–H and O–H groups in total. The van der Waals surface area contributed by atoms with E-state index in [0.717, 1.165) is 6.42 Å². The highest BCUT2D eigenvalue weighted by Gasteiger charge is 2.13. The highest BCUT2D eigenvalue weighted by atomic mass is 19.1. The minimum absolute atomic E-state index is 0.353. The summed E-state index contributed by atoms with van der Waals surface area (Å²) in [6.07, 6.45) is 0.799. The van der Waals surface area contributed by atoms with Crippen molar-refractivity contribution in [1.29, 1.82) is 0 Å². The molecule has 0 bridgehead atoms. The molecule has 0 spiro atoms. The minimum Gasteiger partial charge on any atom is -0.462 e. The van der Waals surface area contributed by atoms with Crippen LogP contribution in [-0.2, 0) is 4.74 Å². The van der Waals surface area contributed by atoms with Gasteiger partial charge in [0.05, 0.1) is 13.8 Å². The van der Waals surface area contributed by atoms with E-state index in [2.05, 4.69) is 0 Å². The molecule has 0 atom stereocenters. The van der Waals surface area contributed by atoms with Crippen molar-refractivity contribution in [3.63, 3.8) is 0 Å². The lowest BCUT2D eigenvalue weighted by Gasteiger charge is -2.10. The SMILES string of the molecule is CCCOC(=O)c1ccccc1Oc1ccccc1.CF. The molecule has 0 aliphatic carbocycles. The first-order valence-electron chi connectivity index (χ1n) is 6.68. The van der Waals surface area contributed by atoms with Crippen molar-refractivity contribution in [2.24, 2.45) is 0 Å². The van der Waals surface area contributed by atoms with Crippen LogP contribution < -0.4 is 4.74 Å². The summed E-state index contributed by atoms with van der Waals surface area (Å²) in [7, 11) is 0.500. The van der Waals surface area contributed by atoms with Crippen molar-refractivity contribution < 1.29 is 18.7 Å². The molecule has 3 nitrogen and oxygen atoms in total. The number of benzene rings is 2. The Bertz CT molecular complexity index is 541. The third-order valence-corrected chi connectivity index (χ3v) is 2.52. The van der Waals surface area contributed by atoms with E-state index in [4.69, 9.17) is 9.47 Å². The monoisotopic (exact) mass is 290 g/mol. The summed E-state index contributed by atoms with van der Waals surface area (Å²) in [5.41, 5.74) is 0.444. The van der Waals surface area contributed by atoms with Crippen LogP contribution in [-0.4, -0.2) is 19.8 Å². The summed E-state index contributed by atoms with van der Waals surface area (Å²) in [6, 6.07) is 16.4. The van der Waals surface area contributed by atoms with Crippen LogP contribution in [0.3, 0.4) is 0 Å². The van der Waals surface area contributed by atoms with E-state index in [0.29, 0.717) is 30.8 Å². The Hall–Kier alpha value is -2.36. The molecule has 0 unspecified atom stereocenters. The first kappa shape index (κ1) is 16.7. The molecular formula is C17H19FO3. The molecule has 0 aliphatic rings. The predicted molar refractivity (Wildman–Crippen MR) is 80.6 cm³/mol. The molecule has 112 valence electrons. The first-order chi connectivity index (χ1) is 10.3. The highest BCUT2D eigenvalue weighted by Crippen LogP contribution is 2.25. The van der Waals surface area contributed by atoms with Gasteiger partial charge in [0.25, 0.3) is 0 Å². The zero-order chi connectivity index (χ0) is 15.5. The number of rotatable bonds is 5. The van der Waals surface area contributed by atoms with Crippen LogP contribution in [0.25, 0.3) is 0 Å². The van der Waals surface area contributed by atoms with E-state index < -0.39 is 0 Å². The summed E-state index contributed by atoms with van der Waals surface area (Å²) in [6.45, 7) is 2.37. The second kappa shape index (κ2) is 9.53. The molecule has 4 heteroatoms. The van der Waals surface area contributed by atoms with Crippen molar-refractivity contribution in [2.45, 2.75) is 13.3 Å². The molecule has 0 heterocycles. The van der Waals surface area contributed by atoms with Crippen LogP contribution in [0.15, 0.2) is 54.6 Å². The van der Waals surface area contributed by atoms with Crippen LogP contribution in [0.4, 0.5) is 4.39 Å². The Morgan fingerprint density at radius 1 is 1.00 bits per heavy atom. The Morgan fingerprint density at radius 3 is 2.29 bits per heavy atom. The standard InChI is InChI=1S/C16H16O3.CH3F/c1-2-12-18-16(17)14-10-6-7-11-15(14)19-13-8-4-3-5-9-13;1-2/h3-11H,2,12H2,1H3;1H3. The van der Waals surface area contributed by atoms with Gasteiger partial charge in [-0.25, -0.2) is 4.79 Å². The molecule has 0 saturated heterocycles. The van der Waals surface area contributed by atoms with Crippen molar-refractivity contribution in [2.75, 3.05) is 13.8 Å². The summed E-state index contributed by atoms with van der Waals surface area (Å²) in [5.74, 6) is 0.849. The van der Waals surface area contributed by atoms with Gasteiger partial charge in [-0.1, -0.05) is 37.3 Å². The lowest BCUT2D eigenvalue weighted by atomic mass is 10.2. The van der Waals surface area contributed by atoms with Crippen LogP contribution in [0.5, 0.6) is 11.5 Å². The Kier molecular flexibility index (Phi) is 7.58.